The van der Waals surface area contributed by atoms with Crippen LogP contribution in [0.5, 0.6) is 0 Å². The number of aliphatic imine (C=N–C) groups is 1. The predicted molar refractivity (Wildman–Crippen MR) is 92.0 cm³/mol. The maximum atomic E-state index is 12.2. The molecule has 0 saturated heterocycles. The SMILES string of the molecule is O=C(NCCc1ccc(Cl)cc1)C1=Nc2ccccc2S(=O)(=O)N1. The van der Waals surface area contributed by atoms with Crippen LogP contribution in [0.4, 0.5) is 5.69 Å². The predicted octanol–water partition coefficient (Wildman–Crippen LogP) is 2.02. The molecule has 0 spiro atoms. The summed E-state index contributed by atoms with van der Waals surface area (Å²) in [6.45, 7) is 0.350. The first-order valence-electron chi connectivity index (χ1n) is 7.19. The quantitative estimate of drug-likeness (QED) is 0.871. The molecule has 0 atom stereocenters. The van der Waals surface area contributed by atoms with Gasteiger partial charge in [-0.05, 0) is 36.2 Å². The number of amides is 1. The van der Waals surface area contributed by atoms with Gasteiger partial charge in [0.05, 0.1) is 5.69 Å². The molecule has 8 heteroatoms. The zero-order valence-corrected chi connectivity index (χ0v) is 14.1. The maximum Gasteiger partial charge on any atom is 0.287 e. The second-order valence-corrected chi connectivity index (χ2v) is 7.25. The molecule has 2 aromatic carbocycles. The summed E-state index contributed by atoms with van der Waals surface area (Å²) in [5.74, 6) is -0.799. The number of nitrogens with zero attached hydrogens (tertiary/aromatic N) is 1. The molecule has 0 radical (unpaired) electrons. The first kappa shape index (κ1) is 16.5. The average Bonchev–Trinajstić information content (AvgIpc) is 2.56. The molecule has 0 aliphatic carbocycles. The lowest BCUT2D eigenvalue weighted by molar-refractivity contribution is -0.114. The highest BCUT2D eigenvalue weighted by molar-refractivity contribution is 7.90. The number of carbonyl (C=O) groups excluding carboxylic acids is 1. The van der Waals surface area contributed by atoms with E-state index in [1.807, 2.05) is 12.1 Å². The van der Waals surface area contributed by atoms with E-state index in [1.54, 1.807) is 30.3 Å². The second-order valence-electron chi connectivity index (χ2n) is 5.17. The molecule has 6 nitrogen and oxygen atoms in total. The normalized spacial score (nSPS) is 15.0. The zero-order chi connectivity index (χ0) is 17.2. The topological polar surface area (TPSA) is 87.6 Å². The van der Waals surface area contributed by atoms with Gasteiger partial charge in [0, 0.05) is 11.6 Å². The van der Waals surface area contributed by atoms with E-state index in [9.17, 15) is 13.2 Å². The molecular formula is C16H14ClN3O3S. The fourth-order valence-corrected chi connectivity index (χ4v) is 3.53. The highest BCUT2D eigenvalue weighted by Gasteiger charge is 2.28. The van der Waals surface area contributed by atoms with Crippen molar-refractivity contribution in [3.8, 4) is 0 Å². The van der Waals surface area contributed by atoms with Crippen LogP contribution in [0.25, 0.3) is 0 Å². The van der Waals surface area contributed by atoms with Gasteiger partial charge in [-0.1, -0.05) is 35.9 Å². The Morgan fingerprint density at radius 2 is 1.83 bits per heavy atom. The van der Waals surface area contributed by atoms with Crippen LogP contribution in [-0.4, -0.2) is 26.7 Å². The summed E-state index contributed by atoms with van der Waals surface area (Å²) in [4.78, 5) is 16.3. The Morgan fingerprint density at radius 1 is 1.12 bits per heavy atom. The van der Waals surface area contributed by atoms with Gasteiger partial charge in [-0.3, -0.25) is 9.52 Å². The highest BCUT2D eigenvalue weighted by Crippen LogP contribution is 2.26. The van der Waals surface area contributed by atoms with Crippen LogP contribution in [0.1, 0.15) is 5.56 Å². The van der Waals surface area contributed by atoms with Crippen LogP contribution >= 0.6 is 11.6 Å². The van der Waals surface area contributed by atoms with Gasteiger partial charge in [0.2, 0.25) is 5.84 Å². The monoisotopic (exact) mass is 363 g/mol. The van der Waals surface area contributed by atoms with Crippen molar-refractivity contribution in [3.05, 3.63) is 59.1 Å². The number of rotatable bonds is 4. The van der Waals surface area contributed by atoms with Crippen LogP contribution in [0.3, 0.4) is 0 Å². The Labute approximate surface area is 144 Å². The van der Waals surface area contributed by atoms with E-state index in [1.165, 1.54) is 6.07 Å². The molecular weight excluding hydrogens is 350 g/mol. The molecule has 1 amide bonds. The number of sulfonamides is 1. The van der Waals surface area contributed by atoms with Gasteiger partial charge < -0.3 is 5.32 Å². The van der Waals surface area contributed by atoms with Gasteiger partial charge >= 0.3 is 0 Å². The fraction of sp³-hybridized carbons (Fsp3) is 0.125. The van der Waals surface area contributed by atoms with Crippen molar-refractivity contribution < 1.29 is 13.2 Å². The summed E-state index contributed by atoms with van der Waals surface area (Å²) in [6.07, 6.45) is 0.597. The minimum absolute atomic E-state index is 0.0581. The molecule has 1 heterocycles. The molecule has 2 N–H and O–H groups in total. The lowest BCUT2D eigenvalue weighted by atomic mass is 10.1. The van der Waals surface area contributed by atoms with E-state index >= 15 is 0 Å². The van der Waals surface area contributed by atoms with Gasteiger partial charge in [0.25, 0.3) is 15.9 Å². The molecule has 1 aliphatic rings. The van der Waals surface area contributed by atoms with Gasteiger partial charge in [-0.25, -0.2) is 13.4 Å². The molecule has 0 fully saturated rings. The van der Waals surface area contributed by atoms with Crippen LogP contribution < -0.4 is 10.0 Å². The molecule has 0 aromatic heterocycles. The van der Waals surface area contributed by atoms with E-state index in [2.05, 4.69) is 15.0 Å². The van der Waals surface area contributed by atoms with Gasteiger partial charge in [-0.15, -0.1) is 0 Å². The second kappa shape index (κ2) is 6.62. The van der Waals surface area contributed by atoms with E-state index in [0.29, 0.717) is 18.0 Å². The number of amidine groups is 1. The first-order chi connectivity index (χ1) is 11.5. The van der Waals surface area contributed by atoms with Crippen LogP contribution in [0.15, 0.2) is 58.4 Å². The number of hydrogen-bond acceptors (Lipinski definition) is 4. The van der Waals surface area contributed by atoms with Crippen LogP contribution in [0, 0.1) is 0 Å². The van der Waals surface area contributed by atoms with Crippen LogP contribution in [-0.2, 0) is 21.2 Å². The molecule has 2 aromatic rings. The minimum Gasteiger partial charge on any atom is -0.349 e. The molecule has 24 heavy (non-hydrogen) atoms. The molecule has 124 valence electrons. The van der Waals surface area contributed by atoms with Crippen LogP contribution in [0.2, 0.25) is 5.02 Å². The lowest BCUT2D eigenvalue weighted by Crippen LogP contribution is -2.44. The summed E-state index contributed by atoms with van der Waals surface area (Å²) >= 11 is 5.82. The Morgan fingerprint density at radius 3 is 2.58 bits per heavy atom. The largest absolute Gasteiger partial charge is 0.349 e. The number of hydrogen-bond donors (Lipinski definition) is 2. The summed E-state index contributed by atoms with van der Waals surface area (Å²) in [6, 6.07) is 13.5. The smallest absolute Gasteiger partial charge is 0.287 e. The Bertz CT molecular complexity index is 908. The average molecular weight is 364 g/mol. The highest BCUT2D eigenvalue weighted by atomic mass is 35.5. The fourth-order valence-electron chi connectivity index (χ4n) is 2.25. The molecule has 1 aliphatic heterocycles. The van der Waals surface area contributed by atoms with E-state index < -0.39 is 15.9 Å². The summed E-state index contributed by atoms with van der Waals surface area (Å²) in [5.41, 5.74) is 1.26. The number of halogens is 1. The number of carbonyl (C=O) groups is 1. The van der Waals surface area contributed by atoms with Crippen molar-refractivity contribution in [1.82, 2.24) is 10.0 Å². The van der Waals surface area contributed by atoms with E-state index in [-0.39, 0.29) is 16.4 Å². The van der Waals surface area contributed by atoms with Crippen molar-refractivity contribution >= 4 is 39.1 Å². The van der Waals surface area contributed by atoms with Crippen molar-refractivity contribution in [2.45, 2.75) is 11.3 Å². The van der Waals surface area contributed by atoms with Gasteiger partial charge in [0.15, 0.2) is 0 Å². The number of nitrogens with one attached hydrogen (secondary N) is 2. The molecule has 0 saturated carbocycles. The van der Waals surface area contributed by atoms with E-state index in [4.69, 9.17) is 11.6 Å². The Balaban J connectivity index is 1.67. The third-order valence-electron chi connectivity index (χ3n) is 3.45. The number of para-hydroxylation sites is 1. The standard InChI is InChI=1S/C16H14ClN3O3S/c17-12-7-5-11(6-8-12)9-10-18-16(21)15-19-13-3-1-2-4-14(13)24(22,23)20-15/h1-8H,9-10H2,(H,18,21)(H,19,20). The molecule has 3 rings (SSSR count). The number of benzene rings is 2. The van der Waals surface area contributed by atoms with Crippen molar-refractivity contribution in [2.75, 3.05) is 6.54 Å². The van der Waals surface area contributed by atoms with Crippen molar-refractivity contribution in [3.63, 3.8) is 0 Å². The van der Waals surface area contributed by atoms with E-state index in [0.717, 1.165) is 5.56 Å². The summed E-state index contributed by atoms with van der Waals surface area (Å²) < 4.78 is 26.5. The van der Waals surface area contributed by atoms with Crippen molar-refractivity contribution in [1.29, 1.82) is 0 Å². The van der Waals surface area contributed by atoms with Gasteiger partial charge in [-0.2, -0.15) is 0 Å². The first-order valence-corrected chi connectivity index (χ1v) is 9.05. The number of fused-ring (bicyclic) bond motifs is 1. The Kier molecular flexibility index (Phi) is 4.55. The lowest BCUT2D eigenvalue weighted by Gasteiger charge is -2.17. The minimum atomic E-state index is -3.77. The van der Waals surface area contributed by atoms with Gasteiger partial charge in [0.1, 0.15) is 4.90 Å². The summed E-state index contributed by atoms with van der Waals surface area (Å²) in [7, 11) is -3.77. The summed E-state index contributed by atoms with van der Waals surface area (Å²) in [5, 5.41) is 3.30. The zero-order valence-electron chi connectivity index (χ0n) is 12.5. The Hall–Kier alpha value is -2.38. The third kappa shape index (κ3) is 3.58. The molecule has 0 bridgehead atoms. The van der Waals surface area contributed by atoms with Crippen molar-refractivity contribution in [2.24, 2.45) is 4.99 Å². The maximum absolute atomic E-state index is 12.2. The molecule has 0 unspecified atom stereocenters. The third-order valence-corrected chi connectivity index (χ3v) is 5.08.